The van der Waals surface area contributed by atoms with Gasteiger partial charge in [-0.25, -0.2) is 0 Å². The van der Waals surface area contributed by atoms with E-state index in [-0.39, 0.29) is 11.4 Å². The van der Waals surface area contributed by atoms with E-state index in [1.54, 1.807) is 0 Å². The molecule has 1 heterocycles. The maximum Gasteiger partial charge on any atom is 0.138 e. The Morgan fingerprint density at radius 2 is 2.58 bits per heavy atom. The van der Waals surface area contributed by atoms with Gasteiger partial charge in [0.05, 0.1) is 11.4 Å². The standard InChI is InChI=1S/C8H16N2OS/c1-2-8(12)10-4-3-9-5-7(10)6-11/h6-9,12H,2-5H2,1H3. The molecule has 2 unspecified atom stereocenters. The predicted octanol–water partition coefficient (Wildman–Crippen LogP) is 0.125. The lowest BCUT2D eigenvalue weighted by molar-refractivity contribution is -0.113. The molecule has 1 N–H and O–H groups in total. The van der Waals surface area contributed by atoms with Crippen LogP contribution in [0.1, 0.15) is 13.3 Å². The summed E-state index contributed by atoms with van der Waals surface area (Å²) in [7, 11) is 0. The van der Waals surface area contributed by atoms with Crippen LogP contribution in [0.25, 0.3) is 0 Å². The smallest absolute Gasteiger partial charge is 0.138 e. The molecule has 0 aromatic rings. The number of nitrogens with zero attached hydrogens (tertiary/aromatic N) is 1. The van der Waals surface area contributed by atoms with E-state index in [1.165, 1.54) is 0 Å². The van der Waals surface area contributed by atoms with E-state index in [2.05, 4.69) is 29.8 Å². The molecule has 0 amide bonds. The number of carbonyl (C=O) groups is 1. The van der Waals surface area contributed by atoms with Crippen molar-refractivity contribution >= 4 is 18.9 Å². The summed E-state index contributed by atoms with van der Waals surface area (Å²) in [5, 5.41) is 3.41. The van der Waals surface area contributed by atoms with Crippen LogP contribution in [0.2, 0.25) is 0 Å². The van der Waals surface area contributed by atoms with Gasteiger partial charge in [-0.2, -0.15) is 12.6 Å². The Labute approximate surface area is 78.9 Å². The summed E-state index contributed by atoms with van der Waals surface area (Å²) >= 11 is 4.43. The molecular weight excluding hydrogens is 172 g/mol. The second-order valence-electron chi connectivity index (χ2n) is 3.03. The van der Waals surface area contributed by atoms with Crippen LogP contribution in [-0.2, 0) is 4.79 Å². The van der Waals surface area contributed by atoms with Crippen molar-refractivity contribution in [3.63, 3.8) is 0 Å². The number of thiol groups is 1. The molecule has 0 saturated carbocycles. The first kappa shape index (κ1) is 10.0. The number of piperazine rings is 1. The van der Waals surface area contributed by atoms with Gasteiger partial charge < -0.3 is 10.1 Å². The average Bonchev–Trinajstić information content (AvgIpc) is 2.16. The maximum atomic E-state index is 10.7. The average molecular weight is 188 g/mol. The number of nitrogens with one attached hydrogen (secondary N) is 1. The zero-order valence-corrected chi connectivity index (χ0v) is 8.26. The molecule has 12 heavy (non-hydrogen) atoms. The molecule has 70 valence electrons. The van der Waals surface area contributed by atoms with E-state index in [9.17, 15) is 4.79 Å². The maximum absolute atomic E-state index is 10.7. The monoisotopic (exact) mass is 188 g/mol. The number of aldehydes is 1. The summed E-state index contributed by atoms with van der Waals surface area (Å²) in [5.41, 5.74) is 0. The second-order valence-corrected chi connectivity index (χ2v) is 3.63. The fourth-order valence-electron chi connectivity index (χ4n) is 1.47. The van der Waals surface area contributed by atoms with Gasteiger partial charge in [0.25, 0.3) is 0 Å². The first-order chi connectivity index (χ1) is 5.79. The molecule has 1 saturated heterocycles. The molecule has 1 aliphatic rings. The van der Waals surface area contributed by atoms with Crippen LogP contribution in [0.4, 0.5) is 0 Å². The lowest BCUT2D eigenvalue weighted by Gasteiger charge is -2.36. The van der Waals surface area contributed by atoms with Gasteiger partial charge in [0.2, 0.25) is 0 Å². The third kappa shape index (κ3) is 2.21. The van der Waals surface area contributed by atoms with Gasteiger partial charge in [-0.1, -0.05) is 6.92 Å². The number of carbonyl (C=O) groups excluding carboxylic acids is 1. The molecule has 0 spiro atoms. The van der Waals surface area contributed by atoms with Crippen molar-refractivity contribution in [1.82, 2.24) is 10.2 Å². The zero-order valence-electron chi connectivity index (χ0n) is 7.36. The van der Waals surface area contributed by atoms with Gasteiger partial charge in [-0.15, -0.1) is 0 Å². The van der Waals surface area contributed by atoms with Crippen LogP contribution >= 0.6 is 12.6 Å². The van der Waals surface area contributed by atoms with Crippen molar-refractivity contribution in [2.75, 3.05) is 19.6 Å². The minimum absolute atomic E-state index is 0.0150. The van der Waals surface area contributed by atoms with Crippen LogP contribution in [0.3, 0.4) is 0 Å². The van der Waals surface area contributed by atoms with Gasteiger partial charge in [0, 0.05) is 19.6 Å². The Kier molecular flexibility index (Phi) is 4.05. The lowest BCUT2D eigenvalue weighted by Crippen LogP contribution is -2.54. The highest BCUT2D eigenvalue weighted by molar-refractivity contribution is 7.80. The first-order valence-electron chi connectivity index (χ1n) is 4.39. The molecule has 0 aromatic heterocycles. The Morgan fingerprint density at radius 1 is 1.83 bits per heavy atom. The minimum atomic E-state index is 0.0150. The highest BCUT2D eigenvalue weighted by atomic mass is 32.1. The molecule has 0 aliphatic carbocycles. The Hall–Kier alpha value is -0.0600. The Morgan fingerprint density at radius 3 is 3.17 bits per heavy atom. The van der Waals surface area contributed by atoms with Gasteiger partial charge >= 0.3 is 0 Å². The van der Waals surface area contributed by atoms with E-state index in [4.69, 9.17) is 0 Å². The summed E-state index contributed by atoms with van der Waals surface area (Å²) in [5.74, 6) is 0. The van der Waals surface area contributed by atoms with Gasteiger partial charge in [-0.3, -0.25) is 4.90 Å². The summed E-state index contributed by atoms with van der Waals surface area (Å²) in [6.45, 7) is 4.73. The molecule has 0 aromatic carbocycles. The molecule has 1 aliphatic heterocycles. The van der Waals surface area contributed by atoms with Crippen LogP contribution in [0, 0.1) is 0 Å². The predicted molar refractivity (Wildman–Crippen MR) is 52.5 cm³/mol. The van der Waals surface area contributed by atoms with E-state index in [1.807, 2.05) is 0 Å². The largest absolute Gasteiger partial charge is 0.313 e. The normalized spacial score (nSPS) is 28.3. The Balaban J connectivity index is 2.51. The van der Waals surface area contributed by atoms with Crippen LogP contribution in [0.15, 0.2) is 0 Å². The van der Waals surface area contributed by atoms with Crippen molar-refractivity contribution in [3.8, 4) is 0 Å². The third-order valence-electron chi connectivity index (χ3n) is 2.23. The highest BCUT2D eigenvalue weighted by Gasteiger charge is 2.24. The van der Waals surface area contributed by atoms with Gasteiger partial charge in [0.1, 0.15) is 6.29 Å². The summed E-state index contributed by atoms with van der Waals surface area (Å²) in [4.78, 5) is 12.8. The Bertz CT molecular complexity index is 154. The van der Waals surface area contributed by atoms with E-state index in [0.29, 0.717) is 0 Å². The van der Waals surface area contributed by atoms with E-state index < -0.39 is 0 Å². The van der Waals surface area contributed by atoms with Crippen molar-refractivity contribution in [2.24, 2.45) is 0 Å². The summed E-state index contributed by atoms with van der Waals surface area (Å²) in [6, 6.07) is 0.0150. The quantitative estimate of drug-likeness (QED) is 0.487. The van der Waals surface area contributed by atoms with Gasteiger partial charge in [-0.05, 0) is 6.42 Å². The third-order valence-corrected chi connectivity index (χ3v) is 2.89. The molecule has 0 radical (unpaired) electrons. The highest BCUT2D eigenvalue weighted by Crippen LogP contribution is 2.12. The fraction of sp³-hybridized carbons (Fsp3) is 0.875. The van der Waals surface area contributed by atoms with E-state index in [0.717, 1.165) is 32.3 Å². The van der Waals surface area contributed by atoms with Crippen molar-refractivity contribution in [1.29, 1.82) is 0 Å². The molecule has 4 heteroatoms. The number of rotatable bonds is 3. The van der Waals surface area contributed by atoms with Crippen molar-refractivity contribution < 1.29 is 4.79 Å². The fourth-order valence-corrected chi connectivity index (χ4v) is 1.76. The van der Waals surface area contributed by atoms with Gasteiger partial charge in [0.15, 0.2) is 0 Å². The van der Waals surface area contributed by atoms with Crippen molar-refractivity contribution in [2.45, 2.75) is 24.8 Å². The first-order valence-corrected chi connectivity index (χ1v) is 4.91. The molecule has 0 bridgehead atoms. The molecule has 3 nitrogen and oxygen atoms in total. The van der Waals surface area contributed by atoms with E-state index >= 15 is 0 Å². The molecule has 2 atom stereocenters. The topological polar surface area (TPSA) is 32.3 Å². The van der Waals surface area contributed by atoms with Crippen LogP contribution in [-0.4, -0.2) is 42.2 Å². The molecule has 1 fully saturated rings. The number of hydrogen-bond donors (Lipinski definition) is 2. The van der Waals surface area contributed by atoms with Crippen LogP contribution < -0.4 is 5.32 Å². The second kappa shape index (κ2) is 4.84. The SMILES string of the molecule is CCC(S)N1CCNCC1C=O. The minimum Gasteiger partial charge on any atom is -0.313 e. The summed E-state index contributed by atoms with van der Waals surface area (Å²) < 4.78 is 0. The lowest BCUT2D eigenvalue weighted by atomic mass is 10.2. The number of hydrogen-bond acceptors (Lipinski definition) is 4. The van der Waals surface area contributed by atoms with Crippen LogP contribution in [0.5, 0.6) is 0 Å². The zero-order chi connectivity index (χ0) is 8.97. The molecule has 1 rings (SSSR count). The summed E-state index contributed by atoms with van der Waals surface area (Å²) in [6.07, 6.45) is 1.98. The molecular formula is C8H16N2OS. The van der Waals surface area contributed by atoms with Crippen molar-refractivity contribution in [3.05, 3.63) is 0 Å².